The molecule has 0 spiro atoms. The number of halogens is 1. The minimum Gasteiger partial charge on any atom is -0.378 e. The van der Waals surface area contributed by atoms with Gasteiger partial charge in [0.15, 0.2) is 5.82 Å². The van der Waals surface area contributed by atoms with Crippen molar-refractivity contribution < 1.29 is 13.9 Å². The summed E-state index contributed by atoms with van der Waals surface area (Å²) in [5, 5.41) is 6.03. The Labute approximate surface area is 162 Å². The number of fused-ring (bicyclic) bond motifs is 1. The van der Waals surface area contributed by atoms with Crippen LogP contribution in [0.15, 0.2) is 48.5 Å². The zero-order valence-corrected chi connectivity index (χ0v) is 15.5. The van der Waals surface area contributed by atoms with E-state index < -0.39 is 11.8 Å². The molecule has 1 saturated heterocycles. The Morgan fingerprint density at radius 1 is 1.04 bits per heavy atom. The van der Waals surface area contributed by atoms with Crippen molar-refractivity contribution in [3.8, 4) is 0 Å². The monoisotopic (exact) mass is 380 g/mol. The minimum absolute atomic E-state index is 0.286. The maximum atomic E-state index is 14.6. The first-order valence-electron chi connectivity index (χ1n) is 9.16. The third-order valence-corrected chi connectivity index (χ3v) is 4.63. The van der Waals surface area contributed by atoms with Crippen molar-refractivity contribution in [3.05, 3.63) is 59.9 Å². The molecule has 1 aromatic heterocycles. The van der Waals surface area contributed by atoms with Crippen molar-refractivity contribution in [2.75, 3.05) is 41.8 Å². The molecule has 0 aliphatic carbocycles. The van der Waals surface area contributed by atoms with Crippen molar-refractivity contribution >= 4 is 34.1 Å². The fraction of sp³-hybridized carbons (Fsp3) is 0.238. The van der Waals surface area contributed by atoms with Gasteiger partial charge in [0.2, 0.25) is 0 Å². The predicted octanol–water partition coefficient (Wildman–Crippen LogP) is 4.16. The molecule has 7 heteroatoms. The first-order chi connectivity index (χ1) is 13.6. The summed E-state index contributed by atoms with van der Waals surface area (Å²) >= 11 is 0. The highest BCUT2D eigenvalue weighted by Crippen LogP contribution is 2.25. The molecule has 0 saturated carbocycles. The van der Waals surface area contributed by atoms with Crippen molar-refractivity contribution in [1.29, 1.82) is 0 Å². The number of anilines is 3. The minimum atomic E-state index is -0.474. The molecule has 2 amide bonds. The van der Waals surface area contributed by atoms with Crippen LogP contribution in [0.25, 0.3) is 10.9 Å². The number of carbonyl (C=O) groups excluding carboxylic acids is 1. The Balaban J connectivity index is 1.51. The van der Waals surface area contributed by atoms with Crippen molar-refractivity contribution in [3.63, 3.8) is 0 Å². The van der Waals surface area contributed by atoms with Gasteiger partial charge in [0.1, 0.15) is 11.3 Å². The lowest BCUT2D eigenvalue weighted by molar-refractivity contribution is 0.122. The van der Waals surface area contributed by atoms with E-state index in [1.165, 1.54) is 6.07 Å². The van der Waals surface area contributed by atoms with Crippen LogP contribution in [0.1, 0.15) is 5.56 Å². The van der Waals surface area contributed by atoms with Gasteiger partial charge in [-0.25, -0.2) is 14.2 Å². The standard InChI is InChI=1S/C21H21FN4O2/c1-14-2-5-16(6-3-14)23-21(27)24-17-12-15-4-7-19(25-20(15)18(22)13-17)26-8-10-28-11-9-26/h2-7,12-13H,8-11H2,1H3,(H2,23,24,27). The molecule has 144 valence electrons. The molecule has 3 aromatic rings. The molecule has 4 rings (SSSR count). The molecule has 6 nitrogen and oxygen atoms in total. The zero-order valence-electron chi connectivity index (χ0n) is 15.5. The second-order valence-electron chi connectivity index (χ2n) is 6.74. The Morgan fingerprint density at radius 3 is 2.50 bits per heavy atom. The Morgan fingerprint density at radius 2 is 1.75 bits per heavy atom. The van der Waals surface area contributed by atoms with E-state index in [4.69, 9.17) is 4.74 Å². The van der Waals surface area contributed by atoms with Gasteiger partial charge < -0.3 is 20.3 Å². The van der Waals surface area contributed by atoms with Crippen LogP contribution in [0.3, 0.4) is 0 Å². The molecule has 2 heterocycles. The maximum Gasteiger partial charge on any atom is 0.323 e. The normalized spacial score (nSPS) is 14.1. The number of benzene rings is 2. The van der Waals surface area contributed by atoms with Gasteiger partial charge in [-0.05, 0) is 43.3 Å². The Bertz CT molecular complexity index is 1000. The first kappa shape index (κ1) is 18.2. The summed E-state index contributed by atoms with van der Waals surface area (Å²) in [6.45, 7) is 4.72. The van der Waals surface area contributed by atoms with Crippen LogP contribution < -0.4 is 15.5 Å². The van der Waals surface area contributed by atoms with E-state index in [9.17, 15) is 9.18 Å². The van der Waals surface area contributed by atoms with E-state index in [-0.39, 0.29) is 5.52 Å². The second kappa shape index (κ2) is 7.82. The smallest absolute Gasteiger partial charge is 0.323 e. The summed E-state index contributed by atoms with van der Waals surface area (Å²) < 4.78 is 20.0. The van der Waals surface area contributed by atoms with Crippen LogP contribution in [0.2, 0.25) is 0 Å². The fourth-order valence-corrected chi connectivity index (χ4v) is 3.15. The lowest BCUT2D eigenvalue weighted by Crippen LogP contribution is -2.36. The number of pyridine rings is 1. The number of aryl methyl sites for hydroxylation is 1. The van der Waals surface area contributed by atoms with Crippen LogP contribution in [0.4, 0.5) is 26.4 Å². The zero-order chi connectivity index (χ0) is 19.5. The number of rotatable bonds is 3. The summed E-state index contributed by atoms with van der Waals surface area (Å²) in [6.07, 6.45) is 0. The molecule has 2 aromatic carbocycles. The first-order valence-corrected chi connectivity index (χ1v) is 9.16. The average Bonchev–Trinajstić information content (AvgIpc) is 2.70. The number of carbonyl (C=O) groups is 1. The van der Waals surface area contributed by atoms with E-state index in [0.29, 0.717) is 30.0 Å². The summed E-state index contributed by atoms with van der Waals surface area (Å²) in [5.41, 5.74) is 2.43. The number of aromatic nitrogens is 1. The molecular weight excluding hydrogens is 359 g/mol. The van der Waals surface area contributed by atoms with Gasteiger partial charge in [-0.3, -0.25) is 0 Å². The number of nitrogens with zero attached hydrogens (tertiary/aromatic N) is 2. The van der Waals surface area contributed by atoms with Crippen LogP contribution in [-0.4, -0.2) is 37.3 Å². The molecule has 1 aliphatic rings. The van der Waals surface area contributed by atoms with Gasteiger partial charge in [0, 0.05) is 29.9 Å². The van der Waals surface area contributed by atoms with E-state index in [1.807, 2.05) is 43.3 Å². The molecule has 0 bridgehead atoms. The van der Waals surface area contributed by atoms with Crippen molar-refractivity contribution in [2.45, 2.75) is 6.92 Å². The summed E-state index contributed by atoms with van der Waals surface area (Å²) in [7, 11) is 0. The van der Waals surface area contributed by atoms with Crippen molar-refractivity contribution in [1.82, 2.24) is 4.98 Å². The number of amides is 2. The summed E-state index contributed by atoms with van der Waals surface area (Å²) in [4.78, 5) is 18.7. The molecule has 1 aliphatic heterocycles. The number of ether oxygens (including phenoxy) is 1. The molecule has 0 radical (unpaired) electrons. The SMILES string of the molecule is Cc1ccc(NC(=O)Nc2cc(F)c3nc(N4CCOCC4)ccc3c2)cc1. The highest BCUT2D eigenvalue weighted by Gasteiger charge is 2.15. The lowest BCUT2D eigenvalue weighted by atomic mass is 10.2. The van der Waals surface area contributed by atoms with E-state index in [2.05, 4.69) is 20.5 Å². The molecule has 1 fully saturated rings. The highest BCUT2D eigenvalue weighted by molar-refractivity contribution is 6.01. The van der Waals surface area contributed by atoms with E-state index in [0.717, 1.165) is 24.5 Å². The molecule has 0 unspecified atom stereocenters. The van der Waals surface area contributed by atoms with Crippen molar-refractivity contribution in [2.24, 2.45) is 0 Å². The summed E-state index contributed by atoms with van der Waals surface area (Å²) in [5.74, 6) is 0.255. The number of hydrogen-bond acceptors (Lipinski definition) is 4. The van der Waals surface area contributed by atoms with Gasteiger partial charge in [-0.1, -0.05) is 17.7 Å². The number of hydrogen-bond donors (Lipinski definition) is 2. The molecule has 28 heavy (non-hydrogen) atoms. The lowest BCUT2D eigenvalue weighted by Gasteiger charge is -2.28. The fourth-order valence-electron chi connectivity index (χ4n) is 3.15. The Kier molecular flexibility index (Phi) is 5.08. The summed E-state index contributed by atoms with van der Waals surface area (Å²) in [6, 6.07) is 13.7. The van der Waals surface area contributed by atoms with Gasteiger partial charge >= 0.3 is 6.03 Å². The number of urea groups is 1. The van der Waals surface area contributed by atoms with Crippen LogP contribution in [0.5, 0.6) is 0 Å². The van der Waals surface area contributed by atoms with Crippen LogP contribution >= 0.6 is 0 Å². The quantitative estimate of drug-likeness (QED) is 0.716. The van der Waals surface area contributed by atoms with Gasteiger partial charge in [0.05, 0.1) is 13.2 Å². The van der Waals surface area contributed by atoms with Gasteiger partial charge in [-0.15, -0.1) is 0 Å². The van der Waals surface area contributed by atoms with Gasteiger partial charge in [0.25, 0.3) is 0 Å². The average molecular weight is 380 g/mol. The molecule has 2 N–H and O–H groups in total. The maximum absolute atomic E-state index is 14.6. The Hall–Kier alpha value is -3.19. The van der Waals surface area contributed by atoms with Crippen LogP contribution in [-0.2, 0) is 4.74 Å². The highest BCUT2D eigenvalue weighted by atomic mass is 19.1. The number of morpholine rings is 1. The number of nitrogens with one attached hydrogen (secondary N) is 2. The van der Waals surface area contributed by atoms with Crippen LogP contribution in [0, 0.1) is 12.7 Å². The molecular formula is C21H21FN4O2. The predicted molar refractivity (Wildman–Crippen MR) is 109 cm³/mol. The van der Waals surface area contributed by atoms with E-state index >= 15 is 0 Å². The largest absolute Gasteiger partial charge is 0.378 e. The molecule has 0 atom stereocenters. The van der Waals surface area contributed by atoms with Gasteiger partial charge in [-0.2, -0.15) is 0 Å². The third-order valence-electron chi connectivity index (χ3n) is 4.63. The second-order valence-corrected chi connectivity index (χ2v) is 6.74. The van der Waals surface area contributed by atoms with E-state index in [1.54, 1.807) is 6.07 Å². The topological polar surface area (TPSA) is 66.5 Å². The third kappa shape index (κ3) is 4.04.